The Balaban J connectivity index is 0.00000320. The van der Waals surface area contributed by atoms with Crippen LogP contribution in [0.25, 0.3) is 0 Å². The van der Waals surface area contributed by atoms with Crippen molar-refractivity contribution in [2.75, 3.05) is 58.3 Å². The van der Waals surface area contributed by atoms with E-state index in [0.717, 1.165) is 43.1 Å². The molecule has 8 heteroatoms. The van der Waals surface area contributed by atoms with Gasteiger partial charge in [0.15, 0.2) is 5.96 Å². The standard InChI is InChI=1S/C22H32N6O.HI/c1-23-22(26-16-20(17-29)18-7-4-3-5-8-18)25-15-19-9-6-10-24-21(19)28-13-11-27(2)12-14-28;/h3-10,20,29H,11-17H2,1-2H3,(H2,23,25,26);1H. The molecule has 1 aliphatic heterocycles. The lowest BCUT2D eigenvalue weighted by Gasteiger charge is -2.34. The molecule has 1 unspecified atom stereocenters. The number of hydrogen-bond donors (Lipinski definition) is 3. The van der Waals surface area contributed by atoms with Crippen LogP contribution in [0.2, 0.25) is 0 Å². The van der Waals surface area contributed by atoms with Gasteiger partial charge in [0.05, 0.1) is 6.61 Å². The van der Waals surface area contributed by atoms with E-state index in [0.29, 0.717) is 19.0 Å². The summed E-state index contributed by atoms with van der Waals surface area (Å²) in [5, 5.41) is 16.5. The van der Waals surface area contributed by atoms with Crippen LogP contribution in [0.15, 0.2) is 53.7 Å². The van der Waals surface area contributed by atoms with Gasteiger partial charge in [-0.25, -0.2) is 4.98 Å². The van der Waals surface area contributed by atoms with Gasteiger partial charge < -0.3 is 25.5 Å². The Bertz CT molecular complexity index is 780. The Morgan fingerprint density at radius 1 is 1.10 bits per heavy atom. The first kappa shape index (κ1) is 24.4. The third kappa shape index (κ3) is 6.82. The molecule has 0 aliphatic carbocycles. The predicted octanol–water partition coefficient (Wildman–Crippen LogP) is 1.89. The third-order valence-corrected chi connectivity index (χ3v) is 5.35. The van der Waals surface area contributed by atoms with E-state index >= 15 is 0 Å². The summed E-state index contributed by atoms with van der Waals surface area (Å²) in [6.45, 7) is 5.42. The number of guanidine groups is 1. The van der Waals surface area contributed by atoms with Crippen molar-refractivity contribution in [3.63, 3.8) is 0 Å². The zero-order chi connectivity index (χ0) is 20.5. The van der Waals surface area contributed by atoms with Gasteiger partial charge in [0.1, 0.15) is 5.82 Å². The Morgan fingerprint density at radius 3 is 2.50 bits per heavy atom. The maximum absolute atomic E-state index is 9.75. The van der Waals surface area contributed by atoms with E-state index in [4.69, 9.17) is 0 Å². The molecule has 1 saturated heterocycles. The van der Waals surface area contributed by atoms with Gasteiger partial charge >= 0.3 is 0 Å². The fourth-order valence-corrected chi connectivity index (χ4v) is 3.50. The average molecular weight is 524 g/mol. The molecule has 0 saturated carbocycles. The van der Waals surface area contributed by atoms with Crippen LogP contribution in [-0.2, 0) is 6.54 Å². The lowest BCUT2D eigenvalue weighted by molar-refractivity contribution is 0.265. The van der Waals surface area contributed by atoms with Crippen LogP contribution in [0.1, 0.15) is 17.0 Å². The van der Waals surface area contributed by atoms with Crippen molar-refractivity contribution in [1.29, 1.82) is 0 Å². The Morgan fingerprint density at radius 2 is 1.83 bits per heavy atom. The van der Waals surface area contributed by atoms with Crippen molar-refractivity contribution in [3.05, 3.63) is 59.8 Å². The highest BCUT2D eigenvalue weighted by Crippen LogP contribution is 2.18. The molecule has 3 N–H and O–H groups in total. The van der Waals surface area contributed by atoms with Crippen LogP contribution in [0, 0.1) is 0 Å². The van der Waals surface area contributed by atoms with Gasteiger partial charge in [-0.3, -0.25) is 4.99 Å². The largest absolute Gasteiger partial charge is 0.396 e. The molecular formula is C22H33IN6O. The molecular weight excluding hydrogens is 491 g/mol. The molecule has 0 radical (unpaired) electrons. The Kier molecular flexibility index (Phi) is 10.3. The smallest absolute Gasteiger partial charge is 0.191 e. The highest BCUT2D eigenvalue weighted by molar-refractivity contribution is 14.0. The minimum Gasteiger partial charge on any atom is -0.396 e. The van der Waals surface area contributed by atoms with E-state index in [2.05, 4.69) is 43.5 Å². The minimum absolute atomic E-state index is 0. The molecule has 1 aliphatic rings. The van der Waals surface area contributed by atoms with Crippen molar-refractivity contribution in [3.8, 4) is 0 Å². The first-order chi connectivity index (χ1) is 14.2. The van der Waals surface area contributed by atoms with Gasteiger partial charge in [0.2, 0.25) is 0 Å². The number of halogens is 1. The van der Waals surface area contributed by atoms with Crippen molar-refractivity contribution in [2.45, 2.75) is 12.5 Å². The lowest BCUT2D eigenvalue weighted by Crippen LogP contribution is -2.45. The zero-order valence-corrected chi connectivity index (χ0v) is 20.1. The molecule has 1 fully saturated rings. The fourth-order valence-electron chi connectivity index (χ4n) is 3.50. The second-order valence-corrected chi connectivity index (χ2v) is 7.37. The van der Waals surface area contributed by atoms with E-state index < -0.39 is 0 Å². The number of rotatable bonds is 7. The summed E-state index contributed by atoms with van der Waals surface area (Å²) >= 11 is 0. The van der Waals surface area contributed by atoms with Crippen molar-refractivity contribution in [2.24, 2.45) is 4.99 Å². The molecule has 1 aromatic heterocycles. The second kappa shape index (κ2) is 12.7. The first-order valence-corrected chi connectivity index (χ1v) is 10.2. The van der Waals surface area contributed by atoms with Crippen molar-refractivity contribution >= 4 is 35.8 Å². The molecule has 0 bridgehead atoms. The van der Waals surface area contributed by atoms with E-state index in [1.165, 1.54) is 0 Å². The molecule has 30 heavy (non-hydrogen) atoms. The van der Waals surface area contributed by atoms with E-state index in [1.54, 1.807) is 7.05 Å². The SMILES string of the molecule is CN=C(NCc1cccnc1N1CCN(C)CC1)NCC(CO)c1ccccc1.I. The Hall–Kier alpha value is -1.91. The van der Waals surface area contributed by atoms with Crippen LogP contribution in [0.5, 0.6) is 0 Å². The number of nitrogens with zero attached hydrogens (tertiary/aromatic N) is 4. The summed E-state index contributed by atoms with van der Waals surface area (Å²) in [5.41, 5.74) is 2.27. The molecule has 1 aromatic carbocycles. The summed E-state index contributed by atoms with van der Waals surface area (Å²) in [6.07, 6.45) is 1.86. The van der Waals surface area contributed by atoms with E-state index in [9.17, 15) is 5.11 Å². The van der Waals surface area contributed by atoms with Crippen LogP contribution in [-0.4, -0.2) is 74.4 Å². The summed E-state index contributed by atoms with van der Waals surface area (Å²) in [4.78, 5) is 13.7. The number of pyridine rings is 1. The third-order valence-electron chi connectivity index (χ3n) is 5.35. The number of aliphatic hydroxyl groups is 1. The molecule has 0 spiro atoms. The quantitative estimate of drug-likeness (QED) is 0.292. The van der Waals surface area contributed by atoms with Gasteiger partial charge in [0.25, 0.3) is 0 Å². The predicted molar refractivity (Wildman–Crippen MR) is 134 cm³/mol. The number of anilines is 1. The molecule has 3 rings (SSSR count). The maximum Gasteiger partial charge on any atom is 0.191 e. The van der Waals surface area contributed by atoms with Gasteiger partial charge in [-0.2, -0.15) is 0 Å². The number of likely N-dealkylation sites (N-methyl/N-ethyl adjacent to an activating group) is 1. The summed E-state index contributed by atoms with van der Waals surface area (Å²) in [5.74, 6) is 1.78. The van der Waals surface area contributed by atoms with E-state index in [-0.39, 0.29) is 36.5 Å². The Labute approximate surface area is 196 Å². The number of hydrogen-bond acceptors (Lipinski definition) is 5. The zero-order valence-electron chi connectivity index (χ0n) is 17.8. The number of aliphatic hydroxyl groups excluding tert-OH is 1. The normalized spacial score (nSPS) is 16.0. The van der Waals surface area contributed by atoms with Crippen molar-refractivity contribution in [1.82, 2.24) is 20.5 Å². The highest BCUT2D eigenvalue weighted by atomic mass is 127. The minimum atomic E-state index is 0. The summed E-state index contributed by atoms with van der Waals surface area (Å²) < 4.78 is 0. The number of piperazine rings is 1. The average Bonchev–Trinajstić information content (AvgIpc) is 2.78. The molecule has 1 atom stereocenters. The number of benzene rings is 1. The number of nitrogens with one attached hydrogen (secondary N) is 2. The summed E-state index contributed by atoms with van der Waals surface area (Å²) in [6, 6.07) is 14.1. The summed E-state index contributed by atoms with van der Waals surface area (Å²) in [7, 11) is 3.92. The molecule has 2 heterocycles. The lowest BCUT2D eigenvalue weighted by atomic mass is 10.0. The number of aromatic nitrogens is 1. The van der Waals surface area contributed by atoms with Gasteiger partial charge in [-0.05, 0) is 18.7 Å². The molecule has 2 aromatic rings. The molecule has 164 valence electrons. The highest BCUT2D eigenvalue weighted by Gasteiger charge is 2.18. The van der Waals surface area contributed by atoms with Crippen molar-refractivity contribution < 1.29 is 5.11 Å². The van der Waals surface area contributed by atoms with E-state index in [1.807, 2.05) is 42.6 Å². The first-order valence-electron chi connectivity index (χ1n) is 10.2. The molecule has 0 amide bonds. The molecule has 7 nitrogen and oxygen atoms in total. The van der Waals surface area contributed by atoms with Crippen LogP contribution in [0.3, 0.4) is 0 Å². The van der Waals surface area contributed by atoms with Gasteiger partial charge in [-0.1, -0.05) is 36.4 Å². The van der Waals surface area contributed by atoms with Crippen LogP contribution < -0.4 is 15.5 Å². The topological polar surface area (TPSA) is 76.0 Å². The fraction of sp³-hybridized carbons (Fsp3) is 0.455. The second-order valence-electron chi connectivity index (χ2n) is 7.37. The van der Waals surface area contributed by atoms with Crippen LogP contribution >= 0.6 is 24.0 Å². The van der Waals surface area contributed by atoms with Gasteiger partial charge in [-0.15, -0.1) is 24.0 Å². The maximum atomic E-state index is 9.75. The monoisotopic (exact) mass is 524 g/mol. The van der Waals surface area contributed by atoms with Gasteiger partial charge in [0, 0.05) is 64.0 Å². The number of aliphatic imine (C=N–C) groups is 1. The van der Waals surface area contributed by atoms with Crippen LogP contribution in [0.4, 0.5) is 5.82 Å².